The van der Waals surface area contributed by atoms with Crippen LogP contribution in [0.5, 0.6) is 0 Å². The van der Waals surface area contributed by atoms with Gasteiger partial charge in [-0.2, -0.15) is 18.6 Å². The minimum absolute atomic E-state index is 0. The summed E-state index contributed by atoms with van der Waals surface area (Å²) in [6.07, 6.45) is 4.91. The number of hydrogen-bond donors (Lipinski definition) is 0. The molecule has 33 heavy (non-hydrogen) atoms. The van der Waals surface area contributed by atoms with Gasteiger partial charge in [0.15, 0.2) is 5.82 Å². The van der Waals surface area contributed by atoms with Gasteiger partial charge in [-0.3, -0.25) is 0 Å². The van der Waals surface area contributed by atoms with Crippen LogP contribution < -0.4 is 4.90 Å². The van der Waals surface area contributed by atoms with Crippen LogP contribution in [0.2, 0.25) is 0 Å². The van der Waals surface area contributed by atoms with Crippen LogP contribution in [0.15, 0.2) is 61.1 Å². The highest BCUT2D eigenvalue weighted by molar-refractivity contribution is 7.59. The van der Waals surface area contributed by atoms with E-state index in [9.17, 15) is 4.39 Å². The molecule has 170 valence electrons. The SMILES string of the molecule is CN(C)[C@H]1CCN(c2ccc3c(c2)Cn2cc(-c4ccc(F)cc4)cc2-c2ncnn2-3)C1.S. The van der Waals surface area contributed by atoms with Crippen molar-refractivity contribution in [2.45, 2.75) is 19.0 Å². The van der Waals surface area contributed by atoms with Crippen LogP contribution in [0.25, 0.3) is 28.3 Å². The molecule has 1 saturated heterocycles. The number of benzene rings is 2. The second-order valence-corrected chi connectivity index (χ2v) is 8.91. The molecule has 2 aliphatic rings. The summed E-state index contributed by atoms with van der Waals surface area (Å²) in [7, 11) is 4.31. The first-order chi connectivity index (χ1) is 15.6. The summed E-state index contributed by atoms with van der Waals surface area (Å²) in [6, 6.07) is 16.0. The number of likely N-dealkylation sites (N-methyl/N-ethyl adjacent to an activating group) is 1. The third-order valence-electron chi connectivity index (χ3n) is 6.74. The van der Waals surface area contributed by atoms with Gasteiger partial charge in [-0.15, -0.1) is 0 Å². The standard InChI is InChI=1S/C25H25FN6.H2S/c1-29(2)22-9-10-30(15-22)21-7-8-23-19(11-21)14-31-13-18(17-3-5-20(26)6-4-17)12-24(31)25-27-16-28-32(23)25;/h3-8,11-13,16,22H,9-10,14-15H2,1-2H3;1H2/t22-;/m0./s1. The van der Waals surface area contributed by atoms with Gasteiger partial charge in [-0.25, -0.2) is 14.1 Å². The van der Waals surface area contributed by atoms with Crippen molar-refractivity contribution in [2.75, 3.05) is 32.1 Å². The molecule has 4 aromatic rings. The van der Waals surface area contributed by atoms with Crippen LogP contribution >= 0.6 is 13.5 Å². The van der Waals surface area contributed by atoms with Crippen molar-refractivity contribution in [3.05, 3.63) is 72.4 Å². The fourth-order valence-corrected chi connectivity index (χ4v) is 4.90. The Labute approximate surface area is 199 Å². The van der Waals surface area contributed by atoms with Gasteiger partial charge in [0.2, 0.25) is 0 Å². The summed E-state index contributed by atoms with van der Waals surface area (Å²) in [5, 5.41) is 4.54. The van der Waals surface area contributed by atoms with Crippen LogP contribution in [-0.2, 0) is 6.54 Å². The minimum Gasteiger partial charge on any atom is -0.370 e. The Hall–Kier alpha value is -3.10. The topological polar surface area (TPSA) is 42.1 Å². The van der Waals surface area contributed by atoms with E-state index in [1.54, 1.807) is 6.33 Å². The molecule has 6 rings (SSSR count). The Morgan fingerprint density at radius 3 is 2.61 bits per heavy atom. The second-order valence-electron chi connectivity index (χ2n) is 8.91. The third-order valence-corrected chi connectivity index (χ3v) is 6.74. The van der Waals surface area contributed by atoms with Gasteiger partial charge >= 0.3 is 0 Å². The molecule has 1 fully saturated rings. The molecule has 4 heterocycles. The van der Waals surface area contributed by atoms with Crippen molar-refractivity contribution in [3.8, 4) is 28.3 Å². The first kappa shape index (κ1) is 21.7. The van der Waals surface area contributed by atoms with Crippen molar-refractivity contribution in [1.29, 1.82) is 0 Å². The van der Waals surface area contributed by atoms with Crippen LogP contribution in [0.3, 0.4) is 0 Å². The van der Waals surface area contributed by atoms with Gasteiger partial charge < -0.3 is 14.4 Å². The number of anilines is 1. The van der Waals surface area contributed by atoms with Crippen LogP contribution in [0.4, 0.5) is 10.1 Å². The average molecular weight is 463 g/mol. The van der Waals surface area contributed by atoms with E-state index >= 15 is 0 Å². The van der Waals surface area contributed by atoms with E-state index in [1.165, 1.54) is 29.8 Å². The molecule has 2 aromatic carbocycles. The van der Waals surface area contributed by atoms with Crippen molar-refractivity contribution in [2.24, 2.45) is 0 Å². The smallest absolute Gasteiger partial charge is 0.179 e. The van der Waals surface area contributed by atoms with Gasteiger partial charge in [0.05, 0.1) is 11.4 Å². The van der Waals surface area contributed by atoms with E-state index in [-0.39, 0.29) is 19.3 Å². The number of aromatic nitrogens is 4. The molecule has 2 aromatic heterocycles. The highest BCUT2D eigenvalue weighted by Gasteiger charge is 2.26. The Morgan fingerprint density at radius 1 is 1.03 bits per heavy atom. The van der Waals surface area contributed by atoms with Gasteiger partial charge in [0.1, 0.15) is 12.1 Å². The van der Waals surface area contributed by atoms with Gasteiger partial charge in [-0.05, 0) is 68.0 Å². The zero-order valence-electron chi connectivity index (χ0n) is 18.7. The Bertz CT molecular complexity index is 1290. The summed E-state index contributed by atoms with van der Waals surface area (Å²) in [4.78, 5) is 9.35. The molecule has 0 aliphatic carbocycles. The van der Waals surface area contributed by atoms with Gasteiger partial charge in [0, 0.05) is 43.1 Å². The van der Waals surface area contributed by atoms with E-state index in [0.717, 1.165) is 48.0 Å². The summed E-state index contributed by atoms with van der Waals surface area (Å²) in [5.41, 5.74) is 6.57. The Kier molecular flexibility index (Phi) is 5.50. The molecule has 0 bridgehead atoms. The highest BCUT2D eigenvalue weighted by atomic mass is 32.1. The summed E-state index contributed by atoms with van der Waals surface area (Å²) in [6.45, 7) is 2.85. The number of nitrogens with zero attached hydrogens (tertiary/aromatic N) is 6. The Balaban J connectivity index is 0.00000228. The lowest BCUT2D eigenvalue weighted by molar-refractivity contribution is 0.315. The lowest BCUT2D eigenvalue weighted by atomic mass is 10.1. The van der Waals surface area contributed by atoms with E-state index in [4.69, 9.17) is 0 Å². The Morgan fingerprint density at radius 2 is 1.85 bits per heavy atom. The van der Waals surface area contributed by atoms with Crippen LogP contribution in [-0.4, -0.2) is 57.5 Å². The summed E-state index contributed by atoms with van der Waals surface area (Å²) >= 11 is 0. The first-order valence-electron chi connectivity index (χ1n) is 11.0. The molecular weight excluding hydrogens is 435 g/mol. The molecule has 8 heteroatoms. The maximum atomic E-state index is 13.4. The predicted molar refractivity (Wildman–Crippen MR) is 134 cm³/mol. The number of rotatable bonds is 3. The number of hydrogen-bond acceptors (Lipinski definition) is 4. The van der Waals surface area contributed by atoms with E-state index in [2.05, 4.69) is 69.0 Å². The molecule has 0 N–H and O–H groups in total. The monoisotopic (exact) mass is 462 g/mol. The number of fused-ring (bicyclic) bond motifs is 5. The maximum absolute atomic E-state index is 13.4. The van der Waals surface area contributed by atoms with Crippen molar-refractivity contribution in [3.63, 3.8) is 0 Å². The first-order valence-corrected chi connectivity index (χ1v) is 11.0. The largest absolute Gasteiger partial charge is 0.370 e. The van der Waals surface area contributed by atoms with E-state index in [1.807, 2.05) is 16.8 Å². The van der Waals surface area contributed by atoms with Crippen molar-refractivity contribution < 1.29 is 4.39 Å². The van der Waals surface area contributed by atoms with Crippen molar-refractivity contribution >= 4 is 19.2 Å². The molecule has 0 radical (unpaired) electrons. The molecule has 0 unspecified atom stereocenters. The van der Waals surface area contributed by atoms with Gasteiger partial charge in [-0.1, -0.05) is 12.1 Å². The lowest BCUT2D eigenvalue weighted by Gasteiger charge is -2.23. The maximum Gasteiger partial charge on any atom is 0.179 e. The quantitative estimate of drug-likeness (QED) is 0.404. The normalized spacial score (nSPS) is 16.7. The molecule has 0 saturated carbocycles. The summed E-state index contributed by atoms with van der Waals surface area (Å²) in [5.74, 6) is 0.591. The molecule has 1 atom stereocenters. The van der Waals surface area contributed by atoms with E-state index < -0.39 is 0 Å². The minimum atomic E-state index is -0.228. The fraction of sp³-hybridized carbons (Fsp3) is 0.280. The molecule has 6 nitrogen and oxygen atoms in total. The molecule has 2 aliphatic heterocycles. The zero-order chi connectivity index (χ0) is 21.8. The van der Waals surface area contributed by atoms with E-state index in [0.29, 0.717) is 6.04 Å². The van der Waals surface area contributed by atoms with Crippen molar-refractivity contribution in [1.82, 2.24) is 24.2 Å². The lowest BCUT2D eigenvalue weighted by Crippen LogP contribution is -2.31. The molecule has 0 amide bonds. The summed E-state index contributed by atoms with van der Waals surface area (Å²) < 4.78 is 17.6. The fourth-order valence-electron chi connectivity index (χ4n) is 4.90. The zero-order valence-corrected chi connectivity index (χ0v) is 19.7. The third kappa shape index (κ3) is 3.73. The highest BCUT2D eigenvalue weighted by Crippen LogP contribution is 2.35. The predicted octanol–water partition coefficient (Wildman–Crippen LogP) is 4.16. The molecule has 0 spiro atoms. The second kappa shape index (κ2) is 8.35. The van der Waals surface area contributed by atoms with Crippen LogP contribution in [0.1, 0.15) is 12.0 Å². The number of halogens is 1. The average Bonchev–Trinajstić information content (AvgIpc) is 3.53. The van der Waals surface area contributed by atoms with Gasteiger partial charge in [0.25, 0.3) is 0 Å². The molecular formula is C25H27FN6S. The van der Waals surface area contributed by atoms with Crippen LogP contribution in [0, 0.1) is 5.82 Å².